The monoisotopic (exact) mass is 256 g/mol. The van der Waals surface area contributed by atoms with Gasteiger partial charge in [0.25, 0.3) is 0 Å². The molecule has 4 rings (SSSR count). The highest BCUT2D eigenvalue weighted by Gasteiger charge is 2.66. The molecule has 2 aliphatic carbocycles. The molecule has 0 spiro atoms. The number of rotatable bonds is 1. The van der Waals surface area contributed by atoms with Crippen molar-refractivity contribution in [2.24, 2.45) is 11.3 Å². The molecule has 0 aromatic carbocycles. The Morgan fingerprint density at radius 3 is 2.74 bits per heavy atom. The Labute approximate surface area is 110 Å². The van der Waals surface area contributed by atoms with E-state index in [-0.39, 0.29) is 5.41 Å². The fourth-order valence-electron chi connectivity index (χ4n) is 4.18. The number of carbonyl (C=O) groups excluding carboxylic acids is 1. The first-order valence-corrected chi connectivity index (χ1v) is 6.76. The molecule has 19 heavy (non-hydrogen) atoms. The van der Waals surface area contributed by atoms with Crippen molar-refractivity contribution in [2.75, 3.05) is 0 Å². The second-order valence-corrected chi connectivity index (χ2v) is 6.30. The van der Waals surface area contributed by atoms with E-state index < -0.39 is 5.41 Å². The Morgan fingerprint density at radius 1 is 1.32 bits per heavy atom. The number of nitrogens with one attached hydrogen (secondary N) is 1. The van der Waals surface area contributed by atoms with E-state index in [1.807, 2.05) is 0 Å². The summed E-state index contributed by atoms with van der Waals surface area (Å²) in [6.07, 6.45) is 5.95. The minimum absolute atomic E-state index is 0.0298. The zero-order valence-corrected chi connectivity index (χ0v) is 11.1. The third kappa shape index (κ3) is 1.12. The average molecular weight is 256 g/mol. The van der Waals surface area contributed by atoms with Gasteiger partial charge in [-0.2, -0.15) is 0 Å². The van der Waals surface area contributed by atoms with Gasteiger partial charge in [-0.25, -0.2) is 15.0 Å². The quantitative estimate of drug-likeness (QED) is 0.847. The van der Waals surface area contributed by atoms with E-state index in [0.717, 1.165) is 18.7 Å². The number of ketones is 1. The van der Waals surface area contributed by atoms with Gasteiger partial charge < -0.3 is 4.98 Å². The highest BCUT2D eigenvalue weighted by molar-refractivity contribution is 5.94. The number of nitrogens with zero attached hydrogens (tertiary/aromatic N) is 3. The third-order valence-electron chi connectivity index (χ3n) is 5.43. The number of aromatic nitrogens is 4. The first-order chi connectivity index (χ1) is 9.05. The molecule has 2 bridgehead atoms. The molecule has 0 aliphatic heterocycles. The summed E-state index contributed by atoms with van der Waals surface area (Å²) in [4.78, 5) is 28.8. The van der Waals surface area contributed by atoms with Crippen molar-refractivity contribution in [3.05, 3.63) is 18.2 Å². The van der Waals surface area contributed by atoms with Crippen LogP contribution in [-0.2, 0) is 10.2 Å². The predicted molar refractivity (Wildman–Crippen MR) is 69.5 cm³/mol. The van der Waals surface area contributed by atoms with Crippen molar-refractivity contribution in [3.8, 4) is 0 Å². The van der Waals surface area contributed by atoms with Crippen LogP contribution < -0.4 is 0 Å². The minimum Gasteiger partial charge on any atom is -0.324 e. The van der Waals surface area contributed by atoms with Gasteiger partial charge in [-0.15, -0.1) is 0 Å². The van der Waals surface area contributed by atoms with Gasteiger partial charge in [-0.1, -0.05) is 13.8 Å². The summed E-state index contributed by atoms with van der Waals surface area (Å²) in [5, 5.41) is 0. The number of imidazole rings is 1. The molecule has 5 heteroatoms. The van der Waals surface area contributed by atoms with Gasteiger partial charge in [0, 0.05) is 18.8 Å². The van der Waals surface area contributed by atoms with Gasteiger partial charge >= 0.3 is 0 Å². The van der Waals surface area contributed by atoms with Crippen LogP contribution in [0.25, 0.3) is 11.3 Å². The molecule has 0 radical (unpaired) electrons. The largest absolute Gasteiger partial charge is 0.324 e. The zero-order chi connectivity index (χ0) is 13.3. The van der Waals surface area contributed by atoms with Gasteiger partial charge in [-0.3, -0.25) is 4.79 Å². The van der Waals surface area contributed by atoms with Crippen molar-refractivity contribution < 1.29 is 4.79 Å². The molecule has 2 aliphatic rings. The van der Waals surface area contributed by atoms with Crippen molar-refractivity contribution in [1.82, 2.24) is 19.9 Å². The Kier molecular flexibility index (Phi) is 1.87. The maximum absolute atomic E-state index is 12.5. The summed E-state index contributed by atoms with van der Waals surface area (Å²) >= 11 is 0. The smallest absolute Gasteiger partial charge is 0.197 e. The lowest BCUT2D eigenvalue weighted by molar-refractivity contribution is -0.124. The molecule has 98 valence electrons. The first-order valence-electron chi connectivity index (χ1n) is 6.76. The summed E-state index contributed by atoms with van der Waals surface area (Å²) < 4.78 is 0. The van der Waals surface area contributed by atoms with Gasteiger partial charge in [-0.05, 0) is 24.2 Å². The van der Waals surface area contributed by atoms with E-state index in [2.05, 4.69) is 33.8 Å². The number of H-pyrrole nitrogens is 1. The first kappa shape index (κ1) is 11.1. The van der Waals surface area contributed by atoms with Gasteiger partial charge in [0.15, 0.2) is 11.3 Å². The van der Waals surface area contributed by atoms with E-state index in [1.165, 1.54) is 0 Å². The highest BCUT2D eigenvalue weighted by Crippen LogP contribution is 2.63. The molecule has 2 aromatic rings. The lowest BCUT2D eigenvalue weighted by Crippen LogP contribution is -2.41. The SMILES string of the molecule is CC1(C)C2CCC1(c1nc3nccnc3[nH]1)C(=O)C2. The summed E-state index contributed by atoms with van der Waals surface area (Å²) in [6, 6.07) is 0. The fraction of sp³-hybridized carbons (Fsp3) is 0.571. The number of hydrogen-bond acceptors (Lipinski definition) is 4. The number of hydrogen-bond donors (Lipinski definition) is 1. The lowest BCUT2D eigenvalue weighted by Gasteiger charge is -2.34. The van der Waals surface area contributed by atoms with Crippen LogP contribution in [0.2, 0.25) is 0 Å². The van der Waals surface area contributed by atoms with Crippen LogP contribution in [0.3, 0.4) is 0 Å². The summed E-state index contributed by atoms with van der Waals surface area (Å²) in [7, 11) is 0. The van der Waals surface area contributed by atoms with Gasteiger partial charge in [0.05, 0.1) is 5.41 Å². The second kappa shape index (κ2) is 3.21. The van der Waals surface area contributed by atoms with Crippen molar-refractivity contribution in [3.63, 3.8) is 0 Å². The number of Topliss-reactive ketones (excluding diaryl/α,β-unsaturated/α-hetero) is 1. The molecule has 2 atom stereocenters. The van der Waals surface area contributed by atoms with Crippen LogP contribution in [0.1, 0.15) is 38.9 Å². The molecular weight excluding hydrogens is 240 g/mol. The molecule has 2 heterocycles. The Balaban J connectivity index is 1.97. The van der Waals surface area contributed by atoms with Crippen LogP contribution in [-0.4, -0.2) is 25.7 Å². The van der Waals surface area contributed by atoms with E-state index in [0.29, 0.717) is 29.4 Å². The molecule has 2 aromatic heterocycles. The van der Waals surface area contributed by atoms with Crippen LogP contribution in [0.4, 0.5) is 0 Å². The number of fused-ring (bicyclic) bond motifs is 3. The molecule has 2 unspecified atom stereocenters. The summed E-state index contributed by atoms with van der Waals surface area (Å²) in [6.45, 7) is 4.40. The zero-order valence-electron chi connectivity index (χ0n) is 11.1. The average Bonchev–Trinajstić information content (AvgIpc) is 2.96. The minimum atomic E-state index is -0.458. The van der Waals surface area contributed by atoms with Gasteiger partial charge in [0.1, 0.15) is 11.6 Å². The second-order valence-electron chi connectivity index (χ2n) is 6.30. The predicted octanol–water partition coefficient (Wildman–Crippen LogP) is 2.00. The van der Waals surface area contributed by atoms with E-state index >= 15 is 0 Å². The fourth-order valence-corrected chi connectivity index (χ4v) is 4.18. The van der Waals surface area contributed by atoms with Crippen LogP contribution >= 0.6 is 0 Å². The maximum Gasteiger partial charge on any atom is 0.197 e. The molecule has 1 N–H and O–H groups in total. The molecule has 0 saturated heterocycles. The lowest BCUT2D eigenvalue weighted by atomic mass is 9.68. The van der Waals surface area contributed by atoms with E-state index in [1.54, 1.807) is 12.4 Å². The normalized spacial score (nSPS) is 32.3. The van der Waals surface area contributed by atoms with E-state index in [9.17, 15) is 4.79 Å². The number of carbonyl (C=O) groups is 1. The van der Waals surface area contributed by atoms with Crippen molar-refractivity contribution >= 4 is 17.1 Å². The number of aromatic amines is 1. The standard InChI is InChI=1S/C14H16N4O/c1-13(2)8-3-4-14(13,9(19)7-8)12-17-10-11(18-12)16-6-5-15-10/h5-6,8H,3-4,7H2,1-2H3,(H,15,16,17,18). The molecular formula is C14H16N4O. The highest BCUT2D eigenvalue weighted by atomic mass is 16.1. The summed E-state index contributed by atoms with van der Waals surface area (Å²) in [5.41, 5.74) is 0.787. The van der Waals surface area contributed by atoms with Crippen LogP contribution in [0.5, 0.6) is 0 Å². The summed E-state index contributed by atoms with van der Waals surface area (Å²) in [5.74, 6) is 1.57. The van der Waals surface area contributed by atoms with Crippen LogP contribution in [0.15, 0.2) is 12.4 Å². The van der Waals surface area contributed by atoms with Gasteiger partial charge in [0.2, 0.25) is 0 Å². The Bertz CT molecular complexity index is 657. The van der Waals surface area contributed by atoms with E-state index in [4.69, 9.17) is 0 Å². The van der Waals surface area contributed by atoms with Crippen molar-refractivity contribution in [2.45, 2.75) is 38.5 Å². The third-order valence-corrected chi connectivity index (χ3v) is 5.43. The van der Waals surface area contributed by atoms with Crippen LogP contribution in [0, 0.1) is 11.3 Å². The topological polar surface area (TPSA) is 71.5 Å². The molecule has 2 saturated carbocycles. The molecule has 0 amide bonds. The maximum atomic E-state index is 12.5. The van der Waals surface area contributed by atoms with Crippen molar-refractivity contribution in [1.29, 1.82) is 0 Å². The Hall–Kier alpha value is -1.78. The molecule has 5 nitrogen and oxygen atoms in total. The Morgan fingerprint density at radius 2 is 2.11 bits per heavy atom. The molecule has 2 fully saturated rings.